The van der Waals surface area contributed by atoms with Gasteiger partial charge in [0.2, 0.25) is 0 Å². The number of benzene rings is 1. The smallest absolute Gasteiger partial charge is 0.0409 e. The second kappa shape index (κ2) is 6.68. The maximum atomic E-state index is 6.08. The summed E-state index contributed by atoms with van der Waals surface area (Å²) < 4.78 is 0. The normalized spacial score (nSPS) is 29.8. The highest BCUT2D eigenvalue weighted by molar-refractivity contribution is 6.30. The van der Waals surface area contributed by atoms with E-state index in [4.69, 9.17) is 11.6 Å². The Morgan fingerprint density at radius 1 is 1.24 bits per heavy atom. The van der Waals surface area contributed by atoms with E-state index in [0.29, 0.717) is 12.1 Å². The van der Waals surface area contributed by atoms with E-state index < -0.39 is 0 Å². The lowest BCUT2D eigenvalue weighted by Crippen LogP contribution is -2.58. The summed E-state index contributed by atoms with van der Waals surface area (Å²) in [5.74, 6) is 1.64. The maximum Gasteiger partial charge on any atom is 0.0409 e. The molecule has 2 bridgehead atoms. The molecule has 1 aromatic rings. The number of likely N-dealkylation sites (tertiary alicyclic amines) is 1. The van der Waals surface area contributed by atoms with Crippen molar-refractivity contribution in [2.45, 2.75) is 51.7 Å². The van der Waals surface area contributed by atoms with Gasteiger partial charge in [0.15, 0.2) is 0 Å². The first-order valence-electron chi connectivity index (χ1n) is 8.35. The Bertz CT molecular complexity index is 460. The summed E-state index contributed by atoms with van der Waals surface area (Å²) in [6.45, 7) is 8.13. The van der Waals surface area contributed by atoms with Crippen molar-refractivity contribution in [2.75, 3.05) is 13.1 Å². The van der Waals surface area contributed by atoms with Crippen LogP contribution in [0.2, 0.25) is 5.02 Å². The van der Waals surface area contributed by atoms with E-state index in [1.54, 1.807) is 0 Å². The highest BCUT2D eigenvalue weighted by Crippen LogP contribution is 2.35. The molecule has 2 aliphatic rings. The molecule has 1 N–H and O–H groups in total. The number of hydrogen-bond donors (Lipinski definition) is 1. The van der Waals surface area contributed by atoms with Crippen LogP contribution in [0.1, 0.15) is 38.7 Å². The van der Waals surface area contributed by atoms with Gasteiger partial charge < -0.3 is 10.2 Å². The van der Waals surface area contributed by atoms with Crippen molar-refractivity contribution in [3.8, 4) is 0 Å². The maximum absolute atomic E-state index is 6.08. The van der Waals surface area contributed by atoms with E-state index in [1.807, 2.05) is 12.1 Å². The molecule has 3 heteroatoms. The van der Waals surface area contributed by atoms with Gasteiger partial charge in [-0.25, -0.2) is 0 Å². The molecule has 1 heterocycles. The largest absolute Gasteiger partial charge is 0.309 e. The van der Waals surface area contributed by atoms with Crippen molar-refractivity contribution in [1.29, 1.82) is 0 Å². The van der Waals surface area contributed by atoms with Crippen LogP contribution >= 0.6 is 11.6 Å². The third-order valence-electron chi connectivity index (χ3n) is 5.26. The fourth-order valence-corrected chi connectivity index (χ4v) is 4.32. The molecule has 2 unspecified atom stereocenters. The Morgan fingerprint density at radius 2 is 1.95 bits per heavy atom. The SMILES string of the molecule is CC(C)N1CC2CCCC(C1)C2NCc1cccc(Cl)c1. The van der Waals surface area contributed by atoms with Crippen LogP contribution in [0.3, 0.4) is 0 Å². The minimum absolute atomic E-state index is 0.682. The Kier molecular flexibility index (Phi) is 4.88. The van der Waals surface area contributed by atoms with Crippen LogP contribution in [0.15, 0.2) is 24.3 Å². The molecule has 1 aromatic carbocycles. The summed E-state index contributed by atoms with van der Waals surface area (Å²) in [4.78, 5) is 2.67. The number of nitrogens with zero attached hydrogens (tertiary/aromatic N) is 1. The minimum Gasteiger partial charge on any atom is -0.309 e. The lowest BCUT2D eigenvalue weighted by atomic mass is 9.73. The molecule has 2 atom stereocenters. The third-order valence-corrected chi connectivity index (χ3v) is 5.50. The van der Waals surface area contributed by atoms with Gasteiger partial charge in [0.1, 0.15) is 0 Å². The van der Waals surface area contributed by atoms with E-state index >= 15 is 0 Å². The van der Waals surface area contributed by atoms with E-state index in [0.717, 1.165) is 23.4 Å². The number of hydrogen-bond acceptors (Lipinski definition) is 2. The molecule has 0 aromatic heterocycles. The van der Waals surface area contributed by atoms with Crippen LogP contribution in [-0.4, -0.2) is 30.1 Å². The molecule has 2 fully saturated rings. The van der Waals surface area contributed by atoms with Gasteiger partial charge in [-0.15, -0.1) is 0 Å². The molecule has 2 nitrogen and oxygen atoms in total. The van der Waals surface area contributed by atoms with Gasteiger partial charge in [-0.3, -0.25) is 0 Å². The number of fused-ring (bicyclic) bond motifs is 2. The van der Waals surface area contributed by atoms with Crippen molar-refractivity contribution in [3.05, 3.63) is 34.9 Å². The average molecular weight is 307 g/mol. The summed E-state index contributed by atoms with van der Waals surface area (Å²) >= 11 is 6.08. The standard InChI is InChI=1S/C18H27ClN2/c1-13(2)21-11-15-6-4-7-16(12-21)18(15)20-10-14-5-3-8-17(19)9-14/h3,5,8-9,13,15-16,18,20H,4,6-7,10-12H2,1-2H3. The van der Waals surface area contributed by atoms with Gasteiger partial charge in [-0.05, 0) is 56.2 Å². The monoisotopic (exact) mass is 306 g/mol. The Balaban J connectivity index is 1.63. The van der Waals surface area contributed by atoms with Crippen molar-refractivity contribution in [3.63, 3.8) is 0 Å². The van der Waals surface area contributed by atoms with Crippen molar-refractivity contribution in [2.24, 2.45) is 11.8 Å². The van der Waals surface area contributed by atoms with Gasteiger partial charge >= 0.3 is 0 Å². The molecular formula is C18H27ClN2. The highest BCUT2D eigenvalue weighted by Gasteiger charge is 2.39. The zero-order valence-electron chi connectivity index (χ0n) is 13.2. The number of rotatable bonds is 4. The van der Waals surface area contributed by atoms with E-state index in [9.17, 15) is 0 Å². The molecule has 0 radical (unpaired) electrons. The number of halogens is 1. The van der Waals surface area contributed by atoms with Gasteiger partial charge in [-0.2, -0.15) is 0 Å². The predicted molar refractivity (Wildman–Crippen MR) is 89.6 cm³/mol. The topological polar surface area (TPSA) is 15.3 Å². The predicted octanol–water partition coefficient (Wildman–Crippen LogP) is 3.94. The first kappa shape index (κ1) is 15.3. The Morgan fingerprint density at radius 3 is 2.57 bits per heavy atom. The van der Waals surface area contributed by atoms with Gasteiger partial charge in [0.25, 0.3) is 0 Å². The number of piperidine rings is 1. The van der Waals surface area contributed by atoms with Crippen LogP contribution in [0.5, 0.6) is 0 Å². The molecule has 1 aliphatic carbocycles. The summed E-state index contributed by atoms with van der Waals surface area (Å²) in [7, 11) is 0. The first-order valence-corrected chi connectivity index (χ1v) is 8.73. The molecule has 1 saturated heterocycles. The fourth-order valence-electron chi connectivity index (χ4n) is 4.11. The molecule has 21 heavy (non-hydrogen) atoms. The second-order valence-electron chi connectivity index (χ2n) is 7.04. The molecule has 0 spiro atoms. The molecule has 1 saturated carbocycles. The van der Waals surface area contributed by atoms with E-state index in [-0.39, 0.29) is 0 Å². The molecule has 3 rings (SSSR count). The highest BCUT2D eigenvalue weighted by atomic mass is 35.5. The fraction of sp³-hybridized carbons (Fsp3) is 0.667. The third kappa shape index (κ3) is 3.61. The van der Waals surface area contributed by atoms with Crippen molar-refractivity contribution >= 4 is 11.6 Å². The molecular weight excluding hydrogens is 280 g/mol. The van der Waals surface area contributed by atoms with Gasteiger partial charge in [0.05, 0.1) is 0 Å². The zero-order valence-corrected chi connectivity index (χ0v) is 13.9. The molecule has 116 valence electrons. The summed E-state index contributed by atoms with van der Waals surface area (Å²) in [6, 6.07) is 9.60. The van der Waals surface area contributed by atoms with Crippen LogP contribution in [0, 0.1) is 11.8 Å². The second-order valence-corrected chi connectivity index (χ2v) is 7.47. The average Bonchev–Trinajstić information content (AvgIpc) is 2.44. The van der Waals surface area contributed by atoms with Crippen molar-refractivity contribution in [1.82, 2.24) is 10.2 Å². The lowest BCUT2D eigenvalue weighted by Gasteiger charge is -2.49. The quantitative estimate of drug-likeness (QED) is 0.906. The van der Waals surface area contributed by atoms with Crippen LogP contribution in [0.25, 0.3) is 0 Å². The van der Waals surface area contributed by atoms with Crippen molar-refractivity contribution < 1.29 is 0 Å². The molecule has 1 aliphatic heterocycles. The first-order chi connectivity index (χ1) is 10.1. The van der Waals surface area contributed by atoms with Crippen LogP contribution < -0.4 is 5.32 Å². The number of nitrogens with one attached hydrogen (secondary N) is 1. The summed E-state index contributed by atoms with van der Waals surface area (Å²) in [6.07, 6.45) is 4.18. The van der Waals surface area contributed by atoms with Crippen LogP contribution in [-0.2, 0) is 6.54 Å². The lowest BCUT2D eigenvalue weighted by molar-refractivity contribution is 0.0290. The summed E-state index contributed by atoms with van der Waals surface area (Å²) in [5, 5.41) is 4.68. The molecule has 0 amide bonds. The minimum atomic E-state index is 0.682. The van der Waals surface area contributed by atoms with E-state index in [2.05, 4.69) is 36.2 Å². The Hall–Kier alpha value is -0.570. The van der Waals surface area contributed by atoms with E-state index in [1.165, 1.54) is 37.9 Å². The van der Waals surface area contributed by atoms with Gasteiger partial charge in [-0.1, -0.05) is 30.2 Å². The van der Waals surface area contributed by atoms with Crippen LogP contribution in [0.4, 0.5) is 0 Å². The zero-order chi connectivity index (χ0) is 14.8. The summed E-state index contributed by atoms with van der Waals surface area (Å²) in [5.41, 5.74) is 1.30. The Labute approximate surface area is 133 Å². The van der Waals surface area contributed by atoms with Gasteiger partial charge in [0, 0.05) is 36.7 Å².